The van der Waals surface area contributed by atoms with Crippen LogP contribution in [0.5, 0.6) is 17.2 Å². The van der Waals surface area contributed by atoms with Gasteiger partial charge in [0.25, 0.3) is 11.8 Å². The topological polar surface area (TPSA) is 173 Å². The average Bonchev–Trinajstić information content (AvgIpc) is 3.54. The van der Waals surface area contributed by atoms with Crippen LogP contribution in [-0.4, -0.2) is 50.8 Å². The number of anilines is 2. The number of phenolic OH excluding ortho intramolecular Hbond substituents is 3. The van der Waals surface area contributed by atoms with Gasteiger partial charge >= 0.3 is 5.69 Å². The number of nitro benzene ring substituents is 1. The number of nitrogens with one attached hydrogen (secondary N) is 1. The molecule has 11 nitrogen and oxygen atoms in total. The first kappa shape index (κ1) is 28.4. The summed E-state index contributed by atoms with van der Waals surface area (Å²) in [6.07, 6.45) is 0.242. The molecule has 0 atom stereocenters. The van der Waals surface area contributed by atoms with Gasteiger partial charge in [-0.1, -0.05) is 6.07 Å². The van der Waals surface area contributed by atoms with E-state index in [1.807, 2.05) is 0 Å². The first-order valence-corrected chi connectivity index (χ1v) is 12.9. The fourth-order valence-electron chi connectivity index (χ4n) is 4.08. The first-order chi connectivity index (χ1) is 19.1. The molecule has 2 amide bonds. The van der Waals surface area contributed by atoms with Gasteiger partial charge < -0.3 is 30.6 Å². The Labute approximate surface area is 232 Å². The number of thiophene rings is 2. The highest BCUT2D eigenvalue weighted by Gasteiger charge is 2.34. The minimum Gasteiger partial charge on any atom is -0.504 e. The Morgan fingerprint density at radius 2 is 1.73 bits per heavy atom. The lowest BCUT2D eigenvalue weighted by atomic mass is 10.1. The highest BCUT2D eigenvalue weighted by atomic mass is 32.1. The molecule has 2 aromatic carbocycles. The van der Waals surface area contributed by atoms with E-state index in [9.17, 15) is 43.8 Å². The lowest BCUT2D eigenvalue weighted by Crippen LogP contribution is -2.32. The molecular weight excluding hydrogens is 572 g/mol. The minimum atomic E-state index is -1.24. The number of nitro groups is 1. The molecule has 15 heteroatoms. The maximum atomic E-state index is 14.0. The van der Waals surface area contributed by atoms with E-state index < -0.39 is 62.6 Å². The number of aliphatic hydroxyl groups excluding tert-OH is 1. The van der Waals surface area contributed by atoms with Gasteiger partial charge in [0.05, 0.1) is 30.8 Å². The standard InChI is InChI=1S/C24H15F2N3O7S2.CH4O/c25-12-2-1-3-13(26)17(12)27-23(33)16-8-10-4-6-28(14-5-7-37-22(14)21(10)38-16)24(34)11-9-15(30)18(29(35)36)20(32)19(11)31;1-2/h1-3,5,7-9,30-32H,4,6H2,(H,27,33);2H,1H3. The molecule has 3 heterocycles. The maximum Gasteiger partial charge on any atom is 0.355 e. The molecule has 0 bridgehead atoms. The van der Waals surface area contributed by atoms with Gasteiger partial charge in [-0.2, -0.15) is 0 Å². The summed E-state index contributed by atoms with van der Waals surface area (Å²) >= 11 is 2.33. The number of rotatable bonds is 4. The fourth-order valence-corrected chi connectivity index (χ4v) is 6.28. The molecule has 0 saturated carbocycles. The zero-order valence-electron chi connectivity index (χ0n) is 20.3. The molecule has 0 spiro atoms. The number of amides is 2. The summed E-state index contributed by atoms with van der Waals surface area (Å²) < 4.78 is 28.0. The van der Waals surface area contributed by atoms with Crippen molar-refractivity contribution < 1.29 is 43.7 Å². The van der Waals surface area contributed by atoms with Gasteiger partial charge in [0.15, 0.2) is 11.5 Å². The predicted octanol–water partition coefficient (Wildman–Crippen LogP) is 4.84. The van der Waals surface area contributed by atoms with E-state index in [4.69, 9.17) is 5.11 Å². The van der Waals surface area contributed by atoms with Crippen LogP contribution in [0.1, 0.15) is 25.6 Å². The molecule has 0 fully saturated rings. The Balaban J connectivity index is 0.00000181. The van der Waals surface area contributed by atoms with Crippen molar-refractivity contribution in [2.75, 3.05) is 23.9 Å². The van der Waals surface area contributed by atoms with Gasteiger partial charge in [0.2, 0.25) is 5.75 Å². The summed E-state index contributed by atoms with van der Waals surface area (Å²) in [6, 6.07) is 7.13. The smallest absolute Gasteiger partial charge is 0.355 e. The van der Waals surface area contributed by atoms with Gasteiger partial charge in [0.1, 0.15) is 17.3 Å². The van der Waals surface area contributed by atoms with Crippen LogP contribution in [0.2, 0.25) is 0 Å². The van der Waals surface area contributed by atoms with Crippen LogP contribution in [0.4, 0.5) is 25.8 Å². The summed E-state index contributed by atoms with van der Waals surface area (Å²) in [7, 11) is 1.00. The van der Waals surface area contributed by atoms with Crippen molar-refractivity contribution in [2.45, 2.75) is 6.42 Å². The number of halogens is 2. The Bertz CT molecular complexity index is 1630. The van der Waals surface area contributed by atoms with Crippen molar-refractivity contribution in [3.05, 3.63) is 79.5 Å². The molecular formula is C25H19F2N3O8S2. The molecule has 0 unspecified atom stereocenters. The number of hydrogen-bond acceptors (Lipinski definition) is 10. The number of nitrogens with zero attached hydrogens (tertiary/aromatic N) is 2. The zero-order valence-corrected chi connectivity index (χ0v) is 22.0. The van der Waals surface area contributed by atoms with Crippen LogP contribution in [-0.2, 0) is 6.42 Å². The largest absolute Gasteiger partial charge is 0.504 e. The molecule has 2 aromatic heterocycles. The molecule has 40 heavy (non-hydrogen) atoms. The Kier molecular flexibility index (Phi) is 7.99. The number of hydrogen-bond donors (Lipinski definition) is 5. The first-order valence-electron chi connectivity index (χ1n) is 11.2. The second kappa shape index (κ2) is 11.3. The summed E-state index contributed by atoms with van der Waals surface area (Å²) in [4.78, 5) is 38.9. The van der Waals surface area contributed by atoms with E-state index in [0.717, 1.165) is 30.6 Å². The predicted molar refractivity (Wildman–Crippen MR) is 144 cm³/mol. The Morgan fingerprint density at radius 3 is 2.38 bits per heavy atom. The van der Waals surface area contributed by atoms with E-state index in [-0.39, 0.29) is 17.8 Å². The third kappa shape index (κ3) is 4.92. The van der Waals surface area contributed by atoms with Crippen molar-refractivity contribution in [1.82, 2.24) is 0 Å². The summed E-state index contributed by atoms with van der Waals surface area (Å²) in [5, 5.41) is 52.3. The number of carbonyl (C=O) groups is 2. The minimum absolute atomic E-state index is 0.0489. The Morgan fingerprint density at radius 1 is 1.05 bits per heavy atom. The summed E-state index contributed by atoms with van der Waals surface area (Å²) in [5.41, 5.74) is -1.14. The van der Waals surface area contributed by atoms with Gasteiger partial charge in [-0.25, -0.2) is 8.78 Å². The molecule has 1 aliphatic rings. The summed E-state index contributed by atoms with van der Waals surface area (Å²) in [5.74, 6) is -6.65. The van der Waals surface area contributed by atoms with E-state index in [1.54, 1.807) is 17.5 Å². The molecule has 4 aromatic rings. The highest BCUT2D eigenvalue weighted by Crippen LogP contribution is 2.48. The van der Waals surface area contributed by atoms with Crippen LogP contribution < -0.4 is 10.2 Å². The third-order valence-electron chi connectivity index (χ3n) is 5.87. The van der Waals surface area contributed by atoms with Crippen molar-refractivity contribution in [2.24, 2.45) is 0 Å². The molecule has 208 valence electrons. The number of phenols is 3. The number of fused-ring (bicyclic) bond motifs is 3. The van der Waals surface area contributed by atoms with Crippen molar-refractivity contribution in [3.8, 4) is 27.0 Å². The normalized spacial score (nSPS) is 11.9. The van der Waals surface area contributed by atoms with Gasteiger partial charge in [-0.15, -0.1) is 22.7 Å². The lowest BCUT2D eigenvalue weighted by Gasteiger charge is -2.22. The summed E-state index contributed by atoms with van der Waals surface area (Å²) in [6.45, 7) is 0.0489. The zero-order chi connectivity index (χ0) is 29.3. The monoisotopic (exact) mass is 591 g/mol. The van der Waals surface area contributed by atoms with Gasteiger partial charge in [-0.3, -0.25) is 19.7 Å². The van der Waals surface area contributed by atoms with E-state index in [1.165, 1.54) is 22.3 Å². The van der Waals surface area contributed by atoms with Crippen molar-refractivity contribution >= 4 is 51.6 Å². The van der Waals surface area contributed by atoms with Gasteiger partial charge in [-0.05, 0) is 41.6 Å². The van der Waals surface area contributed by atoms with E-state index in [0.29, 0.717) is 27.1 Å². The van der Waals surface area contributed by atoms with Crippen LogP contribution in [0.25, 0.3) is 9.75 Å². The Hall–Kier alpha value is -4.60. The quantitative estimate of drug-likeness (QED) is 0.0970. The number of aliphatic hydroxyl groups is 1. The SMILES string of the molecule is CO.O=C(Nc1c(F)cccc1F)c1cc2c(s1)-c1sccc1N(C(=O)c1cc(O)c([N+](=O)[O-])c(O)c1O)CC2. The number of benzene rings is 2. The number of aromatic hydroxyl groups is 3. The fraction of sp³-hybridized carbons (Fsp3) is 0.120. The van der Waals surface area contributed by atoms with Crippen molar-refractivity contribution in [3.63, 3.8) is 0 Å². The van der Waals surface area contributed by atoms with Crippen LogP contribution in [0, 0.1) is 21.7 Å². The van der Waals surface area contributed by atoms with Crippen molar-refractivity contribution in [1.29, 1.82) is 0 Å². The maximum absolute atomic E-state index is 14.0. The number of para-hydroxylation sites is 1. The second-order valence-corrected chi connectivity index (χ2v) is 10.1. The lowest BCUT2D eigenvalue weighted by molar-refractivity contribution is -0.387. The molecule has 5 N–H and O–H groups in total. The molecule has 1 aliphatic heterocycles. The second-order valence-electron chi connectivity index (χ2n) is 8.10. The molecule has 0 aliphatic carbocycles. The molecule has 0 saturated heterocycles. The van der Waals surface area contributed by atoms with E-state index >= 15 is 0 Å². The van der Waals surface area contributed by atoms with Crippen LogP contribution >= 0.6 is 22.7 Å². The van der Waals surface area contributed by atoms with Gasteiger partial charge in [0, 0.05) is 19.7 Å². The molecule has 5 rings (SSSR count). The third-order valence-corrected chi connectivity index (χ3v) is 8.11. The highest BCUT2D eigenvalue weighted by molar-refractivity contribution is 7.23. The van der Waals surface area contributed by atoms with Crippen LogP contribution in [0.15, 0.2) is 41.8 Å². The molecule has 0 radical (unpaired) electrons. The number of carbonyl (C=O) groups excluding carboxylic acids is 2. The van der Waals surface area contributed by atoms with E-state index in [2.05, 4.69) is 5.32 Å². The van der Waals surface area contributed by atoms with Crippen LogP contribution in [0.3, 0.4) is 0 Å². The average molecular weight is 592 g/mol.